The van der Waals surface area contributed by atoms with E-state index in [2.05, 4.69) is 25.8 Å². The van der Waals surface area contributed by atoms with E-state index >= 15 is 0 Å². The first-order valence-electron chi connectivity index (χ1n) is 7.39. The van der Waals surface area contributed by atoms with E-state index in [0.29, 0.717) is 11.0 Å². The van der Waals surface area contributed by atoms with E-state index in [1.165, 1.54) is 17.4 Å². The molecule has 2 rings (SSSR count). The van der Waals surface area contributed by atoms with Crippen LogP contribution in [0.25, 0.3) is 0 Å². The summed E-state index contributed by atoms with van der Waals surface area (Å²) in [4.78, 5) is 15.2. The van der Waals surface area contributed by atoms with E-state index in [1.54, 1.807) is 0 Å². The third kappa shape index (κ3) is 4.06. The van der Waals surface area contributed by atoms with Crippen LogP contribution >= 0.6 is 11.3 Å². The van der Waals surface area contributed by atoms with E-state index in [0.717, 1.165) is 25.0 Å². The van der Waals surface area contributed by atoms with Gasteiger partial charge in [-0.3, -0.25) is 0 Å². The average molecular weight is 308 g/mol. The second-order valence-electron chi connectivity index (χ2n) is 6.95. The predicted octanol–water partition coefficient (Wildman–Crippen LogP) is 3.91. The Morgan fingerprint density at radius 3 is 2.71 bits per heavy atom. The molecule has 1 saturated carbocycles. The third-order valence-corrected chi connectivity index (χ3v) is 5.23. The van der Waals surface area contributed by atoms with Crippen LogP contribution in [0.1, 0.15) is 51.6 Å². The first kappa shape index (κ1) is 16.0. The molecular formula is C16H24N2O2S. The number of allylic oxidation sites excluding steroid dienone is 1. The van der Waals surface area contributed by atoms with Crippen molar-refractivity contribution in [3.63, 3.8) is 0 Å². The van der Waals surface area contributed by atoms with Crippen molar-refractivity contribution in [2.75, 3.05) is 5.73 Å². The van der Waals surface area contributed by atoms with Crippen molar-refractivity contribution in [3.8, 4) is 0 Å². The fourth-order valence-electron chi connectivity index (χ4n) is 3.23. The van der Waals surface area contributed by atoms with Gasteiger partial charge in [0, 0.05) is 17.4 Å². The van der Waals surface area contributed by atoms with Gasteiger partial charge in [0.2, 0.25) is 0 Å². The molecule has 1 aliphatic rings. The molecule has 0 spiro atoms. The lowest BCUT2D eigenvalue weighted by Gasteiger charge is -2.40. The number of anilines is 1. The maximum atomic E-state index is 10.8. The quantitative estimate of drug-likeness (QED) is 0.830. The molecule has 0 aliphatic heterocycles. The Morgan fingerprint density at radius 1 is 1.48 bits per heavy atom. The molecule has 0 radical (unpaired) electrons. The van der Waals surface area contributed by atoms with Crippen LogP contribution in [0.4, 0.5) is 5.13 Å². The van der Waals surface area contributed by atoms with Gasteiger partial charge in [0.05, 0.1) is 5.69 Å². The molecule has 1 aromatic rings. The number of nitrogens with zero attached hydrogens (tertiary/aromatic N) is 1. The molecular weight excluding hydrogens is 284 g/mol. The van der Waals surface area contributed by atoms with Crippen molar-refractivity contribution in [2.24, 2.45) is 17.3 Å². The summed E-state index contributed by atoms with van der Waals surface area (Å²) in [5.74, 6) is 0.248. The molecule has 1 unspecified atom stereocenters. The van der Waals surface area contributed by atoms with E-state index < -0.39 is 5.97 Å². The lowest BCUT2D eigenvalue weighted by atomic mass is 9.65. The third-order valence-electron chi connectivity index (χ3n) is 4.53. The molecule has 0 amide bonds. The van der Waals surface area contributed by atoms with Gasteiger partial charge < -0.3 is 10.8 Å². The number of hydrogen-bond acceptors (Lipinski definition) is 4. The summed E-state index contributed by atoms with van der Waals surface area (Å²) >= 11 is 1.46. The Morgan fingerprint density at radius 2 is 2.19 bits per heavy atom. The Bertz CT molecular complexity index is 531. The number of hydrogen-bond donors (Lipinski definition) is 2. The molecule has 0 bridgehead atoms. The zero-order valence-electron chi connectivity index (χ0n) is 12.9. The summed E-state index contributed by atoms with van der Waals surface area (Å²) < 4.78 is 0. The first-order valence-corrected chi connectivity index (χ1v) is 8.27. The van der Waals surface area contributed by atoms with Crippen molar-refractivity contribution in [1.29, 1.82) is 0 Å². The van der Waals surface area contributed by atoms with Crippen LogP contribution < -0.4 is 5.73 Å². The van der Waals surface area contributed by atoms with E-state index in [1.807, 2.05) is 11.5 Å². The molecule has 0 saturated heterocycles. The molecule has 3 N–H and O–H groups in total. The van der Waals surface area contributed by atoms with Crippen molar-refractivity contribution in [1.82, 2.24) is 4.98 Å². The predicted molar refractivity (Wildman–Crippen MR) is 86.3 cm³/mol. The number of carboxylic acid groups (broad SMARTS) is 1. The summed E-state index contributed by atoms with van der Waals surface area (Å²) in [7, 11) is 0. The topological polar surface area (TPSA) is 76.2 Å². The van der Waals surface area contributed by atoms with E-state index in [-0.39, 0.29) is 17.3 Å². The minimum absolute atomic E-state index is 0.237. The summed E-state index contributed by atoms with van der Waals surface area (Å²) in [5, 5.41) is 11.5. The lowest BCUT2D eigenvalue weighted by molar-refractivity contribution is -0.131. The molecule has 3 atom stereocenters. The number of carbonyl (C=O) groups is 1. The van der Waals surface area contributed by atoms with Gasteiger partial charge in [-0.2, -0.15) is 0 Å². The van der Waals surface area contributed by atoms with Gasteiger partial charge in [-0.1, -0.05) is 26.8 Å². The van der Waals surface area contributed by atoms with Crippen LogP contribution in [0.5, 0.6) is 0 Å². The highest BCUT2D eigenvalue weighted by Gasteiger charge is 2.36. The van der Waals surface area contributed by atoms with Crippen LogP contribution in [0.2, 0.25) is 0 Å². The average Bonchev–Trinajstić information content (AvgIpc) is 2.81. The number of carboxylic acids is 1. The maximum Gasteiger partial charge on any atom is 0.327 e. The number of aliphatic carboxylic acids is 1. The normalized spacial score (nSPS) is 27.1. The van der Waals surface area contributed by atoms with Crippen molar-refractivity contribution in [2.45, 2.75) is 46.0 Å². The fraction of sp³-hybridized carbons (Fsp3) is 0.625. The molecule has 1 heterocycles. The molecule has 116 valence electrons. The first-order chi connectivity index (χ1) is 9.77. The SMILES string of the molecule is CC(C)(C)[C@H]1CCC(C=CC(=O)O)[C@H](c2csc(N)n2)C1. The van der Waals surface area contributed by atoms with Gasteiger partial charge in [0.25, 0.3) is 0 Å². The highest BCUT2D eigenvalue weighted by atomic mass is 32.1. The molecule has 1 fully saturated rings. The summed E-state index contributed by atoms with van der Waals surface area (Å²) in [6.07, 6.45) is 6.29. The van der Waals surface area contributed by atoms with Crippen molar-refractivity contribution in [3.05, 3.63) is 23.2 Å². The lowest BCUT2D eigenvalue weighted by Crippen LogP contribution is -2.30. The number of nitrogen functional groups attached to an aromatic ring is 1. The molecule has 21 heavy (non-hydrogen) atoms. The second-order valence-corrected chi connectivity index (χ2v) is 7.84. The molecule has 4 nitrogen and oxygen atoms in total. The van der Waals surface area contributed by atoms with Gasteiger partial charge >= 0.3 is 5.97 Å². The highest BCUT2D eigenvalue weighted by molar-refractivity contribution is 7.13. The molecule has 5 heteroatoms. The molecule has 0 aromatic carbocycles. The van der Waals surface area contributed by atoms with Crippen LogP contribution in [0.15, 0.2) is 17.5 Å². The number of nitrogens with two attached hydrogens (primary N) is 1. The molecule has 1 aromatic heterocycles. The Balaban J connectivity index is 2.23. The van der Waals surface area contributed by atoms with Crippen molar-refractivity contribution < 1.29 is 9.90 Å². The van der Waals surface area contributed by atoms with Crippen molar-refractivity contribution >= 4 is 22.4 Å². The van der Waals surface area contributed by atoms with Gasteiger partial charge in [0.15, 0.2) is 5.13 Å². The summed E-state index contributed by atoms with van der Waals surface area (Å²) in [5.41, 5.74) is 7.05. The van der Waals surface area contributed by atoms with Gasteiger partial charge in [-0.15, -0.1) is 11.3 Å². The van der Waals surface area contributed by atoms with Gasteiger partial charge in [0.1, 0.15) is 0 Å². The van der Waals surface area contributed by atoms with E-state index in [9.17, 15) is 4.79 Å². The monoisotopic (exact) mass is 308 g/mol. The van der Waals surface area contributed by atoms with Crippen LogP contribution in [-0.2, 0) is 4.79 Å². The standard InChI is InChI=1S/C16H24N2O2S/c1-16(2,3)11-6-4-10(5-7-14(19)20)12(8-11)13-9-21-15(17)18-13/h5,7,9-12H,4,6,8H2,1-3H3,(H2,17,18)(H,19,20)/t10?,11-,12+/m0/s1. The highest BCUT2D eigenvalue weighted by Crippen LogP contribution is 2.47. The fourth-order valence-corrected chi connectivity index (χ4v) is 3.85. The minimum atomic E-state index is -0.885. The van der Waals surface area contributed by atoms with Crippen LogP contribution in [-0.4, -0.2) is 16.1 Å². The maximum absolute atomic E-state index is 10.8. The zero-order chi connectivity index (χ0) is 15.6. The molecule has 1 aliphatic carbocycles. The van der Waals surface area contributed by atoms with Gasteiger partial charge in [-0.25, -0.2) is 9.78 Å². The second kappa shape index (κ2) is 6.18. The van der Waals surface area contributed by atoms with Crippen LogP contribution in [0, 0.1) is 17.3 Å². The number of thiazole rings is 1. The largest absolute Gasteiger partial charge is 0.478 e. The van der Waals surface area contributed by atoms with Gasteiger partial charge in [-0.05, 0) is 36.5 Å². The Labute approximate surface area is 130 Å². The summed E-state index contributed by atoms with van der Waals surface area (Å²) in [6.45, 7) is 6.83. The summed E-state index contributed by atoms with van der Waals surface area (Å²) in [6, 6.07) is 0. The number of aromatic nitrogens is 1. The smallest absolute Gasteiger partial charge is 0.327 e. The zero-order valence-corrected chi connectivity index (χ0v) is 13.7. The Kier molecular flexibility index (Phi) is 4.71. The minimum Gasteiger partial charge on any atom is -0.478 e. The Hall–Kier alpha value is -1.36. The number of rotatable bonds is 3. The van der Waals surface area contributed by atoms with E-state index in [4.69, 9.17) is 10.8 Å². The van der Waals surface area contributed by atoms with Crippen LogP contribution in [0.3, 0.4) is 0 Å².